The van der Waals surface area contributed by atoms with Gasteiger partial charge in [0, 0.05) is 12.1 Å². The fourth-order valence-electron chi connectivity index (χ4n) is 5.65. The predicted octanol–water partition coefficient (Wildman–Crippen LogP) is 11.9. The van der Waals surface area contributed by atoms with Gasteiger partial charge in [-0.25, -0.2) is 0 Å². The van der Waals surface area contributed by atoms with E-state index in [1.54, 1.807) is 60.7 Å². The zero-order chi connectivity index (χ0) is 40.4. The molecule has 10 nitrogen and oxygen atoms in total. The number of nitrogens with two attached hydrogens (primary N) is 2. The molecule has 8 aromatic rings. The molecule has 0 amide bonds. The zero-order valence-corrected chi connectivity index (χ0v) is 30.9. The quantitative estimate of drug-likeness (QED) is 0.0581. The highest BCUT2D eigenvalue weighted by molar-refractivity contribution is 5.67. The molecule has 8 N–H and O–H groups in total. The number of phenols is 4. The van der Waals surface area contributed by atoms with Crippen LogP contribution in [0.2, 0.25) is 0 Å². The number of para-hydroxylation sites is 4. The molecule has 0 aliphatic rings. The van der Waals surface area contributed by atoms with E-state index in [1.807, 2.05) is 109 Å². The number of ether oxygens (including phenoxy) is 4. The average molecular weight is 771 g/mol. The molecule has 288 valence electrons. The van der Waals surface area contributed by atoms with Gasteiger partial charge in [-0.1, -0.05) is 72.8 Å². The van der Waals surface area contributed by atoms with Gasteiger partial charge in [0.1, 0.15) is 46.0 Å². The van der Waals surface area contributed by atoms with Crippen LogP contribution in [-0.2, 0) is 0 Å². The van der Waals surface area contributed by atoms with Crippen LogP contribution in [0.5, 0.6) is 69.0 Å². The van der Waals surface area contributed by atoms with E-state index >= 15 is 0 Å². The van der Waals surface area contributed by atoms with Crippen molar-refractivity contribution >= 4 is 11.4 Å². The Hall–Kier alpha value is -8.24. The Labute approximate surface area is 334 Å². The van der Waals surface area contributed by atoms with Gasteiger partial charge in [-0.05, 0) is 119 Å². The van der Waals surface area contributed by atoms with Crippen molar-refractivity contribution in [2.24, 2.45) is 0 Å². The smallest absolute Gasteiger partial charge is 0.169 e. The normalized spacial score (nSPS) is 10.5. The summed E-state index contributed by atoms with van der Waals surface area (Å²) in [7, 11) is 0. The van der Waals surface area contributed by atoms with Crippen LogP contribution in [-0.4, -0.2) is 20.4 Å². The summed E-state index contributed by atoms with van der Waals surface area (Å²) in [4.78, 5) is 0. The van der Waals surface area contributed by atoms with E-state index in [4.69, 9.17) is 30.4 Å². The van der Waals surface area contributed by atoms with Gasteiger partial charge in [0.05, 0.1) is 11.4 Å². The van der Waals surface area contributed by atoms with E-state index in [0.29, 0.717) is 57.4 Å². The molecule has 0 fully saturated rings. The standard InChI is InChI=1S/C24H20N2O4.C24H18O4/c25-21-11-9-19(13-23(21)27)29-17-5-1-15(2-6-17)16-3-7-18(8-4-16)30-20-10-12-22(26)24(28)14-20;25-21-5-1-3-7-23(21)27-19-13-9-17(10-14-19)18-11-15-20(16-12-18)28-24-8-4-2-6-22(24)26/h1-14,27-28H,25-26H2;1-16,25-26H. The molecule has 0 unspecified atom stereocenters. The van der Waals surface area contributed by atoms with Gasteiger partial charge in [-0.2, -0.15) is 0 Å². The van der Waals surface area contributed by atoms with Gasteiger partial charge in [0.15, 0.2) is 23.0 Å². The number of anilines is 2. The summed E-state index contributed by atoms with van der Waals surface area (Å²) in [6, 6.07) is 53.7. The first kappa shape index (κ1) is 38.1. The van der Waals surface area contributed by atoms with E-state index in [2.05, 4.69) is 0 Å². The third-order valence-electron chi connectivity index (χ3n) is 8.75. The second kappa shape index (κ2) is 17.5. The van der Waals surface area contributed by atoms with Crippen LogP contribution in [0.25, 0.3) is 22.3 Å². The van der Waals surface area contributed by atoms with Crippen molar-refractivity contribution < 1.29 is 39.4 Å². The Morgan fingerprint density at radius 1 is 0.276 bits per heavy atom. The molecule has 0 spiro atoms. The summed E-state index contributed by atoms with van der Waals surface area (Å²) < 4.78 is 22.9. The molecule has 0 aliphatic carbocycles. The molecule has 8 aromatic carbocycles. The molecule has 0 saturated carbocycles. The van der Waals surface area contributed by atoms with Crippen molar-refractivity contribution in [1.29, 1.82) is 0 Å². The molecule has 8 rings (SSSR count). The molecule has 0 aliphatic heterocycles. The third kappa shape index (κ3) is 9.70. The molecule has 0 radical (unpaired) electrons. The van der Waals surface area contributed by atoms with Crippen LogP contribution >= 0.6 is 0 Å². The largest absolute Gasteiger partial charge is 0.506 e. The van der Waals surface area contributed by atoms with Gasteiger partial charge in [-0.3, -0.25) is 0 Å². The zero-order valence-electron chi connectivity index (χ0n) is 30.9. The second-order valence-corrected chi connectivity index (χ2v) is 12.9. The number of aromatic hydroxyl groups is 4. The minimum Gasteiger partial charge on any atom is -0.506 e. The second-order valence-electron chi connectivity index (χ2n) is 12.9. The molecular weight excluding hydrogens is 733 g/mol. The lowest BCUT2D eigenvalue weighted by Gasteiger charge is -2.10. The lowest BCUT2D eigenvalue weighted by molar-refractivity contribution is 0.411. The third-order valence-corrected chi connectivity index (χ3v) is 8.75. The first-order valence-electron chi connectivity index (χ1n) is 18.0. The van der Waals surface area contributed by atoms with E-state index in [9.17, 15) is 20.4 Å². The summed E-state index contributed by atoms with van der Waals surface area (Å²) in [5.41, 5.74) is 15.9. The Morgan fingerprint density at radius 3 is 0.845 bits per heavy atom. The van der Waals surface area contributed by atoms with Crippen LogP contribution in [0.1, 0.15) is 0 Å². The number of phenolic OH excluding ortho intramolecular Hbond substituents is 4. The summed E-state index contributed by atoms with van der Waals surface area (Å²) in [6.07, 6.45) is 0. The summed E-state index contributed by atoms with van der Waals surface area (Å²) in [5, 5.41) is 39.0. The lowest BCUT2D eigenvalue weighted by Crippen LogP contribution is -1.89. The number of benzene rings is 8. The van der Waals surface area contributed by atoms with Gasteiger partial charge in [0.25, 0.3) is 0 Å². The average Bonchev–Trinajstić information content (AvgIpc) is 3.24. The van der Waals surface area contributed by atoms with Crippen molar-refractivity contribution in [2.75, 3.05) is 11.5 Å². The highest BCUT2D eigenvalue weighted by Gasteiger charge is 2.08. The minimum absolute atomic E-state index is 0.0133. The molecule has 0 heterocycles. The minimum atomic E-state index is -0.0133. The Balaban J connectivity index is 0.000000177. The van der Waals surface area contributed by atoms with Crippen LogP contribution < -0.4 is 30.4 Å². The van der Waals surface area contributed by atoms with Crippen molar-refractivity contribution in [1.82, 2.24) is 0 Å². The molecule has 0 atom stereocenters. The van der Waals surface area contributed by atoms with Crippen molar-refractivity contribution in [3.05, 3.63) is 182 Å². The maximum Gasteiger partial charge on any atom is 0.169 e. The summed E-state index contributed by atoms with van der Waals surface area (Å²) in [5.74, 6) is 4.60. The van der Waals surface area contributed by atoms with Crippen LogP contribution in [0.4, 0.5) is 11.4 Å². The Morgan fingerprint density at radius 2 is 0.552 bits per heavy atom. The summed E-state index contributed by atoms with van der Waals surface area (Å²) >= 11 is 0. The van der Waals surface area contributed by atoms with E-state index < -0.39 is 0 Å². The maximum absolute atomic E-state index is 9.80. The van der Waals surface area contributed by atoms with Crippen molar-refractivity contribution in [3.63, 3.8) is 0 Å². The molecule has 0 bridgehead atoms. The van der Waals surface area contributed by atoms with E-state index in [0.717, 1.165) is 22.3 Å². The molecule has 10 heteroatoms. The van der Waals surface area contributed by atoms with E-state index in [1.165, 1.54) is 12.1 Å². The number of hydrogen-bond acceptors (Lipinski definition) is 10. The van der Waals surface area contributed by atoms with Gasteiger partial charge < -0.3 is 50.8 Å². The van der Waals surface area contributed by atoms with E-state index in [-0.39, 0.29) is 23.0 Å². The fourth-order valence-corrected chi connectivity index (χ4v) is 5.65. The molecule has 0 aromatic heterocycles. The maximum atomic E-state index is 9.80. The number of nitrogen functional groups attached to an aromatic ring is 2. The van der Waals surface area contributed by atoms with Gasteiger partial charge in [0.2, 0.25) is 0 Å². The molecule has 58 heavy (non-hydrogen) atoms. The van der Waals surface area contributed by atoms with Gasteiger partial charge in [-0.15, -0.1) is 0 Å². The topological polar surface area (TPSA) is 170 Å². The monoisotopic (exact) mass is 770 g/mol. The SMILES string of the molecule is Nc1ccc(Oc2ccc(-c3ccc(Oc4ccc(N)c(O)c4)cc3)cc2)cc1O.Oc1ccccc1Oc1ccc(-c2ccc(Oc3ccccc3O)cc2)cc1. The van der Waals surface area contributed by atoms with Crippen molar-refractivity contribution in [3.8, 4) is 91.2 Å². The lowest BCUT2D eigenvalue weighted by atomic mass is 10.1. The number of hydrogen-bond donors (Lipinski definition) is 6. The van der Waals surface area contributed by atoms with Crippen LogP contribution in [0, 0.1) is 0 Å². The van der Waals surface area contributed by atoms with Gasteiger partial charge >= 0.3 is 0 Å². The molecular formula is C48H38N2O8. The summed E-state index contributed by atoms with van der Waals surface area (Å²) in [6.45, 7) is 0. The highest BCUT2D eigenvalue weighted by Crippen LogP contribution is 2.35. The first-order chi connectivity index (χ1) is 28.2. The predicted molar refractivity (Wildman–Crippen MR) is 225 cm³/mol. The number of rotatable bonds is 10. The fraction of sp³-hybridized carbons (Fsp3) is 0. The first-order valence-corrected chi connectivity index (χ1v) is 18.0. The molecule has 0 saturated heterocycles. The Bertz CT molecular complexity index is 2430. The Kier molecular flexibility index (Phi) is 11.5. The van der Waals surface area contributed by atoms with Crippen LogP contribution in [0.15, 0.2) is 182 Å². The highest BCUT2D eigenvalue weighted by atomic mass is 16.5. The van der Waals surface area contributed by atoms with Crippen LogP contribution in [0.3, 0.4) is 0 Å². The van der Waals surface area contributed by atoms with Crippen molar-refractivity contribution in [2.45, 2.75) is 0 Å².